The molecule has 17 heavy (non-hydrogen) atoms. The fourth-order valence-electron chi connectivity index (χ4n) is 2.37. The van der Waals surface area contributed by atoms with Crippen LogP contribution in [0.2, 0.25) is 0 Å². The van der Waals surface area contributed by atoms with Crippen LogP contribution >= 0.6 is 11.3 Å². The highest BCUT2D eigenvalue weighted by molar-refractivity contribution is 7.11. The summed E-state index contributed by atoms with van der Waals surface area (Å²) in [7, 11) is 1.94. The molecule has 2 rings (SSSR count). The fraction of sp³-hybridized carbons (Fsp3) is 0.833. The van der Waals surface area contributed by atoms with Gasteiger partial charge in [0.05, 0.1) is 18.2 Å². The third-order valence-corrected chi connectivity index (χ3v) is 4.99. The van der Waals surface area contributed by atoms with Crippen LogP contribution in [0.4, 0.5) is 0 Å². The van der Waals surface area contributed by atoms with E-state index in [1.54, 1.807) is 11.3 Å². The van der Waals surface area contributed by atoms with Crippen molar-refractivity contribution in [3.05, 3.63) is 10.0 Å². The van der Waals surface area contributed by atoms with Crippen LogP contribution in [0.3, 0.4) is 0 Å². The van der Waals surface area contributed by atoms with Gasteiger partial charge in [0.2, 0.25) is 0 Å². The van der Waals surface area contributed by atoms with Crippen molar-refractivity contribution >= 4 is 11.3 Å². The number of aromatic nitrogens is 2. The predicted octanol–water partition coefficient (Wildman–Crippen LogP) is 2.35. The maximum atomic E-state index is 5.86. The molecule has 5 unspecified atom stereocenters. The highest BCUT2D eigenvalue weighted by Gasteiger charge is 2.40. The summed E-state index contributed by atoms with van der Waals surface area (Å²) < 4.78 is 5.86. The third-order valence-electron chi connectivity index (χ3n) is 3.79. The Morgan fingerprint density at radius 3 is 2.47 bits per heavy atom. The normalized spacial score (nSPS) is 35.1. The van der Waals surface area contributed by atoms with Gasteiger partial charge >= 0.3 is 0 Å². The Kier molecular flexibility index (Phi) is 3.80. The monoisotopic (exact) mass is 255 g/mol. The van der Waals surface area contributed by atoms with E-state index < -0.39 is 0 Å². The smallest absolute Gasteiger partial charge is 0.134 e. The first-order valence-electron chi connectivity index (χ1n) is 6.20. The molecule has 0 aromatic carbocycles. The summed E-state index contributed by atoms with van der Waals surface area (Å²) in [6.45, 7) is 8.61. The van der Waals surface area contributed by atoms with Crippen LogP contribution in [0.15, 0.2) is 0 Å². The summed E-state index contributed by atoms with van der Waals surface area (Å²) in [5.41, 5.74) is 0. The van der Waals surface area contributed by atoms with E-state index in [9.17, 15) is 0 Å². The van der Waals surface area contributed by atoms with Gasteiger partial charge in [-0.15, -0.1) is 10.2 Å². The van der Waals surface area contributed by atoms with Gasteiger partial charge in [-0.25, -0.2) is 0 Å². The summed E-state index contributed by atoms with van der Waals surface area (Å²) in [6, 6.07) is 0.270. The molecule has 5 atom stereocenters. The van der Waals surface area contributed by atoms with Gasteiger partial charge in [-0.05, 0) is 33.7 Å². The van der Waals surface area contributed by atoms with Crippen molar-refractivity contribution in [2.45, 2.75) is 51.9 Å². The summed E-state index contributed by atoms with van der Waals surface area (Å²) in [5.74, 6) is 0.899. The van der Waals surface area contributed by atoms with E-state index in [4.69, 9.17) is 4.74 Å². The lowest BCUT2D eigenvalue weighted by molar-refractivity contribution is 0.0556. The minimum atomic E-state index is 0.241. The van der Waals surface area contributed by atoms with Gasteiger partial charge in [-0.2, -0.15) is 0 Å². The lowest BCUT2D eigenvalue weighted by Crippen LogP contribution is -2.14. The first-order valence-corrected chi connectivity index (χ1v) is 7.02. The van der Waals surface area contributed by atoms with Gasteiger partial charge in [0.15, 0.2) is 0 Å². The van der Waals surface area contributed by atoms with Crippen LogP contribution in [0.1, 0.15) is 49.7 Å². The number of rotatable bonds is 3. The van der Waals surface area contributed by atoms with Crippen LogP contribution in [-0.2, 0) is 4.74 Å². The quantitative estimate of drug-likeness (QED) is 0.900. The van der Waals surface area contributed by atoms with Gasteiger partial charge in [-0.1, -0.05) is 18.3 Å². The summed E-state index contributed by atoms with van der Waals surface area (Å²) in [5, 5.41) is 14.0. The molecule has 1 fully saturated rings. The molecule has 1 aliphatic rings. The highest BCUT2D eigenvalue weighted by Crippen LogP contribution is 2.41. The first-order chi connectivity index (χ1) is 8.04. The lowest BCUT2D eigenvalue weighted by Gasteiger charge is -2.14. The Balaban J connectivity index is 2.20. The van der Waals surface area contributed by atoms with Crippen molar-refractivity contribution in [3.8, 4) is 0 Å². The maximum absolute atomic E-state index is 5.86. The second kappa shape index (κ2) is 5.00. The molecule has 4 nitrogen and oxygen atoms in total. The van der Waals surface area contributed by atoms with Crippen LogP contribution in [0, 0.1) is 5.92 Å². The number of ether oxygens (including phenoxy) is 1. The van der Waals surface area contributed by atoms with Crippen molar-refractivity contribution in [1.29, 1.82) is 0 Å². The molecule has 96 valence electrons. The fourth-order valence-corrected chi connectivity index (χ4v) is 3.59. The number of hydrogen-bond donors (Lipinski definition) is 1. The van der Waals surface area contributed by atoms with Crippen LogP contribution in [-0.4, -0.2) is 29.5 Å². The Hall–Kier alpha value is -0.520. The van der Waals surface area contributed by atoms with Gasteiger partial charge < -0.3 is 10.1 Å². The molecule has 1 aromatic rings. The molecule has 0 amide bonds. The largest absolute Gasteiger partial charge is 0.375 e. The Bertz CT molecular complexity index is 382. The Morgan fingerprint density at radius 1 is 1.24 bits per heavy atom. The van der Waals surface area contributed by atoms with Crippen molar-refractivity contribution in [1.82, 2.24) is 15.5 Å². The summed E-state index contributed by atoms with van der Waals surface area (Å²) >= 11 is 1.71. The van der Waals surface area contributed by atoms with Gasteiger partial charge in [0, 0.05) is 5.92 Å². The lowest BCUT2D eigenvalue weighted by atomic mass is 9.90. The van der Waals surface area contributed by atoms with Gasteiger partial charge in [0.1, 0.15) is 10.0 Å². The van der Waals surface area contributed by atoms with E-state index in [-0.39, 0.29) is 12.1 Å². The zero-order valence-electron chi connectivity index (χ0n) is 11.1. The summed E-state index contributed by atoms with van der Waals surface area (Å²) in [6.07, 6.45) is 0.551. The Labute approximate surface area is 107 Å². The van der Waals surface area contributed by atoms with Crippen molar-refractivity contribution < 1.29 is 4.74 Å². The molecule has 0 saturated carbocycles. The van der Waals surface area contributed by atoms with Gasteiger partial charge in [-0.3, -0.25) is 0 Å². The van der Waals surface area contributed by atoms with Crippen LogP contribution in [0.5, 0.6) is 0 Å². The molecule has 1 saturated heterocycles. The van der Waals surface area contributed by atoms with Crippen molar-refractivity contribution in [2.24, 2.45) is 5.92 Å². The van der Waals surface area contributed by atoms with E-state index in [1.165, 1.54) is 0 Å². The molecule has 1 aliphatic heterocycles. The standard InChI is InChI=1S/C12H21N3OS/c1-6-8(3)16-9(4)10(6)12-15-14-11(17-12)7(2)13-5/h6-10,13H,1-5H3. The van der Waals surface area contributed by atoms with E-state index >= 15 is 0 Å². The van der Waals surface area contributed by atoms with Crippen molar-refractivity contribution in [2.75, 3.05) is 7.05 Å². The molecule has 0 spiro atoms. The third kappa shape index (κ3) is 2.37. The maximum Gasteiger partial charge on any atom is 0.134 e. The number of hydrogen-bond acceptors (Lipinski definition) is 5. The minimum Gasteiger partial charge on any atom is -0.375 e. The molecule has 1 aromatic heterocycles. The number of nitrogens with one attached hydrogen (secondary N) is 1. The Morgan fingerprint density at radius 2 is 1.94 bits per heavy atom. The van der Waals surface area contributed by atoms with Gasteiger partial charge in [0.25, 0.3) is 0 Å². The molecule has 0 radical (unpaired) electrons. The zero-order valence-corrected chi connectivity index (χ0v) is 11.9. The van der Waals surface area contributed by atoms with E-state index in [2.05, 4.69) is 43.2 Å². The average molecular weight is 255 g/mol. The predicted molar refractivity (Wildman–Crippen MR) is 69.3 cm³/mol. The molecule has 0 bridgehead atoms. The summed E-state index contributed by atoms with van der Waals surface area (Å²) in [4.78, 5) is 0. The van der Waals surface area contributed by atoms with E-state index in [1.807, 2.05) is 7.05 Å². The second-order valence-corrected chi connectivity index (χ2v) is 5.96. The molecular weight excluding hydrogens is 234 g/mol. The molecule has 0 aliphatic carbocycles. The average Bonchev–Trinajstić information content (AvgIpc) is 2.85. The molecule has 1 N–H and O–H groups in total. The molecule has 5 heteroatoms. The van der Waals surface area contributed by atoms with E-state index in [0.29, 0.717) is 17.9 Å². The second-order valence-electron chi connectivity index (χ2n) is 4.92. The van der Waals surface area contributed by atoms with Crippen LogP contribution < -0.4 is 5.32 Å². The van der Waals surface area contributed by atoms with Crippen LogP contribution in [0.25, 0.3) is 0 Å². The highest BCUT2D eigenvalue weighted by atomic mass is 32.1. The number of nitrogens with zero attached hydrogens (tertiary/aromatic N) is 2. The SMILES string of the molecule is CNC(C)c1nnc(C2C(C)OC(C)C2C)s1. The molecule has 2 heterocycles. The minimum absolute atomic E-state index is 0.241. The van der Waals surface area contributed by atoms with Crippen molar-refractivity contribution in [3.63, 3.8) is 0 Å². The zero-order chi connectivity index (χ0) is 12.6. The topological polar surface area (TPSA) is 47.0 Å². The van der Waals surface area contributed by atoms with E-state index in [0.717, 1.165) is 10.0 Å². The molecular formula is C12H21N3OS. The first kappa shape index (κ1) is 12.9.